The summed E-state index contributed by atoms with van der Waals surface area (Å²) in [6.07, 6.45) is 1.53. The van der Waals surface area contributed by atoms with E-state index in [1.807, 2.05) is 0 Å². The zero-order chi connectivity index (χ0) is 13.5. The molecule has 0 aliphatic carbocycles. The van der Waals surface area contributed by atoms with E-state index in [0.29, 0.717) is 42.1 Å². The summed E-state index contributed by atoms with van der Waals surface area (Å²) in [5.74, 6) is 0.240. The first-order valence-electron chi connectivity index (χ1n) is 5.36. The molecule has 1 N–H and O–H groups in total. The van der Waals surface area contributed by atoms with Gasteiger partial charge in [-0.3, -0.25) is 9.59 Å². The van der Waals surface area contributed by atoms with Gasteiger partial charge in [-0.2, -0.15) is 0 Å². The Hall–Kier alpha value is -1.26. The highest BCUT2D eigenvalue weighted by Crippen LogP contribution is 2.31. The average molecular weight is 290 g/mol. The third-order valence-electron chi connectivity index (χ3n) is 2.24. The minimum Gasteiger partial charge on any atom is -0.491 e. The van der Waals surface area contributed by atoms with E-state index in [2.05, 4.69) is 5.32 Å². The minimum atomic E-state index is -0.0589. The van der Waals surface area contributed by atoms with Gasteiger partial charge < -0.3 is 10.1 Å². The maximum absolute atomic E-state index is 11.0. The van der Waals surface area contributed by atoms with E-state index in [4.69, 9.17) is 27.9 Å². The molecule has 0 saturated heterocycles. The van der Waals surface area contributed by atoms with Crippen molar-refractivity contribution in [3.05, 3.63) is 27.7 Å². The molecule has 6 heteroatoms. The molecule has 1 amide bonds. The van der Waals surface area contributed by atoms with Crippen molar-refractivity contribution in [3.8, 4) is 5.75 Å². The van der Waals surface area contributed by atoms with Crippen molar-refractivity contribution in [2.45, 2.75) is 12.8 Å². The lowest BCUT2D eigenvalue weighted by Crippen LogP contribution is -2.18. The molecule has 0 spiro atoms. The Balaban J connectivity index is 2.61. The first-order valence-corrected chi connectivity index (χ1v) is 6.11. The summed E-state index contributed by atoms with van der Waals surface area (Å²) in [4.78, 5) is 21.8. The standard InChI is InChI=1S/C12H13Cl2NO3/c1-15-11(17)3-2-4-18-12-8(7-16)5-9(13)6-10(12)14/h5-7H,2-4H2,1H3,(H,15,17). The van der Waals surface area contributed by atoms with E-state index in [1.165, 1.54) is 12.1 Å². The van der Waals surface area contributed by atoms with E-state index < -0.39 is 0 Å². The van der Waals surface area contributed by atoms with Crippen molar-refractivity contribution < 1.29 is 14.3 Å². The first kappa shape index (κ1) is 14.8. The molecule has 0 aromatic heterocycles. The van der Waals surface area contributed by atoms with Crippen molar-refractivity contribution in [1.82, 2.24) is 5.32 Å². The smallest absolute Gasteiger partial charge is 0.219 e. The van der Waals surface area contributed by atoms with E-state index in [-0.39, 0.29) is 10.9 Å². The monoisotopic (exact) mass is 289 g/mol. The molecule has 0 bridgehead atoms. The number of nitrogens with one attached hydrogen (secondary N) is 1. The van der Waals surface area contributed by atoms with Gasteiger partial charge in [0.1, 0.15) is 5.75 Å². The average Bonchev–Trinajstić information content (AvgIpc) is 2.35. The van der Waals surface area contributed by atoms with Crippen LogP contribution in [0.5, 0.6) is 5.75 Å². The highest BCUT2D eigenvalue weighted by Gasteiger charge is 2.10. The lowest BCUT2D eigenvalue weighted by Gasteiger charge is -2.10. The Bertz CT molecular complexity index is 449. The number of carbonyl (C=O) groups is 2. The normalized spacial score (nSPS) is 9.94. The molecule has 0 heterocycles. The number of halogens is 2. The molecular weight excluding hydrogens is 277 g/mol. The van der Waals surface area contributed by atoms with Crippen LogP contribution < -0.4 is 10.1 Å². The Morgan fingerprint density at radius 2 is 2.17 bits per heavy atom. The summed E-state index contributed by atoms with van der Waals surface area (Å²) in [5.41, 5.74) is 0.299. The van der Waals surface area contributed by atoms with Gasteiger partial charge >= 0.3 is 0 Å². The van der Waals surface area contributed by atoms with Crippen LogP contribution in [0, 0.1) is 0 Å². The molecule has 1 aromatic rings. The molecule has 0 saturated carbocycles. The van der Waals surface area contributed by atoms with Crippen LogP contribution in [0.4, 0.5) is 0 Å². The minimum absolute atomic E-state index is 0.0589. The molecule has 0 aliphatic rings. The number of rotatable bonds is 6. The van der Waals surface area contributed by atoms with Gasteiger partial charge in [0, 0.05) is 18.5 Å². The third kappa shape index (κ3) is 4.20. The van der Waals surface area contributed by atoms with Crippen molar-refractivity contribution >= 4 is 35.4 Å². The zero-order valence-corrected chi connectivity index (χ0v) is 11.3. The molecule has 0 atom stereocenters. The Labute approximate surface area is 115 Å². The van der Waals surface area contributed by atoms with Gasteiger partial charge in [0.25, 0.3) is 0 Å². The largest absolute Gasteiger partial charge is 0.491 e. The summed E-state index contributed by atoms with van der Waals surface area (Å²) in [6, 6.07) is 2.98. The Kier molecular flexibility index (Phi) is 5.95. The fourth-order valence-corrected chi connectivity index (χ4v) is 1.92. The van der Waals surface area contributed by atoms with Crippen molar-refractivity contribution in [3.63, 3.8) is 0 Å². The Morgan fingerprint density at radius 1 is 1.44 bits per heavy atom. The van der Waals surface area contributed by atoms with E-state index in [9.17, 15) is 9.59 Å². The quantitative estimate of drug-likeness (QED) is 0.647. The fraction of sp³-hybridized carbons (Fsp3) is 0.333. The summed E-state index contributed by atoms with van der Waals surface area (Å²) in [6.45, 7) is 0.301. The second-order valence-electron chi connectivity index (χ2n) is 3.55. The predicted octanol–water partition coefficient (Wildman–Crippen LogP) is 2.71. The molecule has 18 heavy (non-hydrogen) atoms. The van der Waals surface area contributed by atoms with Crippen LogP contribution in [0.25, 0.3) is 0 Å². The highest BCUT2D eigenvalue weighted by molar-refractivity contribution is 6.36. The highest BCUT2D eigenvalue weighted by atomic mass is 35.5. The van der Waals surface area contributed by atoms with Gasteiger partial charge in [0.15, 0.2) is 6.29 Å². The lowest BCUT2D eigenvalue weighted by atomic mass is 10.2. The molecule has 1 aromatic carbocycles. The van der Waals surface area contributed by atoms with Crippen LogP contribution >= 0.6 is 23.2 Å². The maximum Gasteiger partial charge on any atom is 0.219 e. The van der Waals surface area contributed by atoms with Gasteiger partial charge in [-0.1, -0.05) is 23.2 Å². The maximum atomic E-state index is 11.0. The van der Waals surface area contributed by atoms with Gasteiger partial charge in [-0.05, 0) is 18.6 Å². The number of amides is 1. The van der Waals surface area contributed by atoms with Crippen molar-refractivity contribution in [2.24, 2.45) is 0 Å². The molecule has 4 nitrogen and oxygen atoms in total. The SMILES string of the molecule is CNC(=O)CCCOc1c(Cl)cc(Cl)cc1C=O. The van der Waals surface area contributed by atoms with Gasteiger partial charge in [0.2, 0.25) is 5.91 Å². The number of ether oxygens (including phenoxy) is 1. The van der Waals surface area contributed by atoms with Crippen LogP contribution in [0.2, 0.25) is 10.0 Å². The molecule has 0 fully saturated rings. The predicted molar refractivity (Wildman–Crippen MR) is 70.6 cm³/mol. The second kappa shape index (κ2) is 7.24. The molecule has 0 aliphatic heterocycles. The van der Waals surface area contributed by atoms with E-state index in [1.54, 1.807) is 7.05 Å². The lowest BCUT2D eigenvalue weighted by molar-refractivity contribution is -0.120. The fourth-order valence-electron chi connectivity index (χ4n) is 1.35. The molecule has 98 valence electrons. The van der Waals surface area contributed by atoms with Gasteiger partial charge in [-0.25, -0.2) is 0 Å². The van der Waals surface area contributed by atoms with Crippen LogP contribution in [0.1, 0.15) is 23.2 Å². The number of benzene rings is 1. The molecular formula is C12H13Cl2NO3. The second-order valence-corrected chi connectivity index (χ2v) is 4.39. The van der Waals surface area contributed by atoms with Gasteiger partial charge in [-0.15, -0.1) is 0 Å². The molecule has 0 unspecified atom stereocenters. The summed E-state index contributed by atoms with van der Waals surface area (Å²) >= 11 is 11.7. The van der Waals surface area contributed by atoms with Crippen LogP contribution in [0.3, 0.4) is 0 Å². The number of carbonyl (C=O) groups excluding carboxylic acids is 2. The topological polar surface area (TPSA) is 55.4 Å². The molecule has 1 rings (SSSR count). The summed E-state index contributed by atoms with van der Waals surface area (Å²) < 4.78 is 5.41. The number of hydrogen-bond donors (Lipinski definition) is 1. The van der Waals surface area contributed by atoms with Crippen LogP contribution in [0.15, 0.2) is 12.1 Å². The van der Waals surface area contributed by atoms with E-state index >= 15 is 0 Å². The first-order chi connectivity index (χ1) is 8.58. The van der Waals surface area contributed by atoms with Crippen molar-refractivity contribution in [2.75, 3.05) is 13.7 Å². The summed E-state index contributed by atoms with van der Waals surface area (Å²) in [5, 5.41) is 3.17. The zero-order valence-electron chi connectivity index (χ0n) is 9.83. The molecule has 0 radical (unpaired) electrons. The number of hydrogen-bond acceptors (Lipinski definition) is 3. The van der Waals surface area contributed by atoms with E-state index in [0.717, 1.165) is 0 Å². The number of aldehydes is 1. The summed E-state index contributed by atoms with van der Waals surface area (Å²) in [7, 11) is 1.57. The van der Waals surface area contributed by atoms with Crippen LogP contribution in [-0.4, -0.2) is 25.8 Å². The van der Waals surface area contributed by atoms with Gasteiger partial charge in [0.05, 0.1) is 17.2 Å². The third-order valence-corrected chi connectivity index (χ3v) is 2.74. The van der Waals surface area contributed by atoms with Crippen molar-refractivity contribution in [1.29, 1.82) is 0 Å². The Morgan fingerprint density at radius 3 is 2.78 bits per heavy atom. The van der Waals surface area contributed by atoms with Crippen LogP contribution in [-0.2, 0) is 4.79 Å².